The van der Waals surface area contributed by atoms with Crippen LogP contribution in [-0.4, -0.2) is 29.9 Å². The average molecular weight is 421 g/mol. The van der Waals surface area contributed by atoms with E-state index in [4.69, 9.17) is 9.47 Å². The van der Waals surface area contributed by atoms with Gasteiger partial charge in [0.05, 0.1) is 20.3 Å². The molecule has 0 saturated heterocycles. The number of aromatic nitrogens is 2. The second-order valence-corrected chi connectivity index (χ2v) is 7.14. The van der Waals surface area contributed by atoms with Crippen molar-refractivity contribution in [3.05, 3.63) is 87.3 Å². The Hall–Kier alpha value is -3.61. The van der Waals surface area contributed by atoms with Gasteiger partial charge in [0.1, 0.15) is 5.69 Å². The summed E-state index contributed by atoms with van der Waals surface area (Å²) in [4.78, 5) is 24.8. The fraction of sp³-hybridized carbons (Fsp3) is 0.292. The summed E-state index contributed by atoms with van der Waals surface area (Å²) in [5.74, 6) is 0.848. The predicted molar refractivity (Wildman–Crippen MR) is 119 cm³/mol. The highest BCUT2D eigenvalue weighted by molar-refractivity contribution is 5.92. The number of hydrogen-bond donors (Lipinski definition) is 1. The molecule has 162 valence electrons. The summed E-state index contributed by atoms with van der Waals surface area (Å²) in [6.45, 7) is 4.24. The number of carbonyl (C=O) groups excluding carboxylic acids is 1. The zero-order valence-electron chi connectivity index (χ0n) is 18.2. The molecule has 3 aromatic rings. The first-order valence-corrected chi connectivity index (χ1v) is 10.1. The Bertz CT molecular complexity index is 1120. The molecule has 1 atom stereocenters. The van der Waals surface area contributed by atoms with E-state index in [1.165, 1.54) is 16.8 Å². The number of ether oxygens (including phenoxy) is 2. The fourth-order valence-electron chi connectivity index (χ4n) is 3.41. The molecule has 1 heterocycles. The van der Waals surface area contributed by atoms with Crippen LogP contribution in [0.2, 0.25) is 0 Å². The maximum absolute atomic E-state index is 13.0. The minimum atomic E-state index is -0.351. The molecule has 1 unspecified atom stereocenters. The van der Waals surface area contributed by atoms with Gasteiger partial charge in [0.25, 0.3) is 11.5 Å². The van der Waals surface area contributed by atoms with Crippen LogP contribution in [0, 0.1) is 6.92 Å². The molecule has 1 aromatic heterocycles. The van der Waals surface area contributed by atoms with Crippen molar-refractivity contribution < 1.29 is 14.3 Å². The Kier molecular flexibility index (Phi) is 7.07. The van der Waals surface area contributed by atoms with Crippen molar-refractivity contribution in [2.24, 2.45) is 0 Å². The molecule has 0 spiro atoms. The van der Waals surface area contributed by atoms with Gasteiger partial charge in [-0.1, -0.05) is 30.3 Å². The van der Waals surface area contributed by atoms with E-state index in [1.54, 1.807) is 21.1 Å². The fourth-order valence-corrected chi connectivity index (χ4v) is 3.41. The summed E-state index contributed by atoms with van der Waals surface area (Å²) in [6.07, 6.45) is 0.585. The molecule has 0 bridgehead atoms. The number of carbonyl (C=O) groups is 1. The lowest BCUT2D eigenvalue weighted by atomic mass is 9.95. The molecule has 3 rings (SSSR count). The van der Waals surface area contributed by atoms with Gasteiger partial charge in [-0.15, -0.1) is 0 Å². The van der Waals surface area contributed by atoms with Crippen molar-refractivity contribution in [2.45, 2.75) is 32.9 Å². The summed E-state index contributed by atoms with van der Waals surface area (Å²) in [6, 6.07) is 16.1. The first-order chi connectivity index (χ1) is 15.0. The van der Waals surface area contributed by atoms with Gasteiger partial charge in [0.15, 0.2) is 11.5 Å². The molecule has 0 aliphatic rings. The van der Waals surface area contributed by atoms with Crippen LogP contribution in [0.1, 0.15) is 40.1 Å². The van der Waals surface area contributed by atoms with E-state index in [9.17, 15) is 9.59 Å². The number of nitrogens with zero attached hydrogens (tertiary/aromatic N) is 2. The van der Waals surface area contributed by atoms with Gasteiger partial charge in [-0.2, -0.15) is 5.10 Å². The first kappa shape index (κ1) is 22.1. The van der Waals surface area contributed by atoms with Crippen molar-refractivity contribution in [1.29, 1.82) is 0 Å². The lowest BCUT2D eigenvalue weighted by Crippen LogP contribution is -2.33. The zero-order chi connectivity index (χ0) is 22.4. The molecular weight excluding hydrogens is 394 g/mol. The summed E-state index contributed by atoms with van der Waals surface area (Å²) < 4.78 is 12.1. The second-order valence-electron chi connectivity index (χ2n) is 7.14. The number of nitrogens with one attached hydrogen (secondary N) is 1. The molecule has 0 radical (unpaired) electrons. The van der Waals surface area contributed by atoms with E-state index in [-0.39, 0.29) is 23.2 Å². The Morgan fingerprint density at radius 1 is 1.06 bits per heavy atom. The van der Waals surface area contributed by atoms with Crippen LogP contribution in [0.5, 0.6) is 11.5 Å². The van der Waals surface area contributed by atoms with Crippen molar-refractivity contribution in [1.82, 2.24) is 15.1 Å². The van der Waals surface area contributed by atoms with Gasteiger partial charge in [0.2, 0.25) is 0 Å². The maximum Gasteiger partial charge on any atom is 0.272 e. The lowest BCUT2D eigenvalue weighted by molar-refractivity contribution is 0.0928. The monoisotopic (exact) mass is 421 g/mol. The zero-order valence-corrected chi connectivity index (χ0v) is 18.2. The molecule has 7 heteroatoms. The highest BCUT2D eigenvalue weighted by Gasteiger charge is 2.20. The molecule has 0 saturated carbocycles. The van der Waals surface area contributed by atoms with Crippen LogP contribution in [0.4, 0.5) is 0 Å². The van der Waals surface area contributed by atoms with E-state index in [1.807, 2.05) is 49.4 Å². The predicted octanol–water partition coefficient (Wildman–Crippen LogP) is 3.30. The van der Waals surface area contributed by atoms with Gasteiger partial charge >= 0.3 is 0 Å². The Morgan fingerprint density at radius 2 is 1.81 bits per heavy atom. The summed E-state index contributed by atoms with van der Waals surface area (Å²) in [7, 11) is 3.16. The first-order valence-electron chi connectivity index (χ1n) is 10.1. The minimum absolute atomic E-state index is 0.191. The van der Waals surface area contributed by atoms with E-state index in [2.05, 4.69) is 10.4 Å². The van der Waals surface area contributed by atoms with Gasteiger partial charge < -0.3 is 14.8 Å². The minimum Gasteiger partial charge on any atom is -0.493 e. The molecule has 1 N–H and O–H groups in total. The van der Waals surface area contributed by atoms with E-state index >= 15 is 0 Å². The van der Waals surface area contributed by atoms with Gasteiger partial charge in [0, 0.05) is 12.6 Å². The number of aryl methyl sites for hydroxylation is 2. The van der Waals surface area contributed by atoms with Gasteiger partial charge in [-0.05, 0) is 55.2 Å². The van der Waals surface area contributed by atoms with Crippen LogP contribution in [0.25, 0.3) is 0 Å². The number of benzene rings is 2. The highest BCUT2D eigenvalue weighted by Crippen LogP contribution is 2.31. The van der Waals surface area contributed by atoms with E-state index in [0.717, 1.165) is 16.7 Å². The maximum atomic E-state index is 13.0. The second kappa shape index (κ2) is 9.93. The van der Waals surface area contributed by atoms with Crippen LogP contribution >= 0.6 is 0 Å². The van der Waals surface area contributed by atoms with Crippen molar-refractivity contribution in [3.63, 3.8) is 0 Å². The Morgan fingerprint density at radius 3 is 2.48 bits per heavy atom. The lowest BCUT2D eigenvalue weighted by Gasteiger charge is -2.21. The quantitative estimate of drug-likeness (QED) is 0.603. The van der Waals surface area contributed by atoms with Crippen LogP contribution < -0.4 is 20.3 Å². The largest absolute Gasteiger partial charge is 0.493 e. The molecule has 0 fully saturated rings. The third kappa shape index (κ3) is 5.12. The van der Waals surface area contributed by atoms with Crippen molar-refractivity contribution in [3.8, 4) is 11.5 Å². The molecular formula is C24H27N3O4. The highest BCUT2D eigenvalue weighted by atomic mass is 16.5. The van der Waals surface area contributed by atoms with Gasteiger partial charge in [-0.3, -0.25) is 9.59 Å². The smallest absolute Gasteiger partial charge is 0.272 e. The summed E-state index contributed by atoms with van der Waals surface area (Å²) >= 11 is 0. The Labute approximate surface area is 181 Å². The van der Waals surface area contributed by atoms with Crippen LogP contribution in [0.15, 0.2) is 59.4 Å². The number of methoxy groups -OCH3 is 2. The molecule has 2 aromatic carbocycles. The number of rotatable bonds is 8. The third-order valence-electron chi connectivity index (χ3n) is 5.20. The average Bonchev–Trinajstić information content (AvgIpc) is 2.79. The summed E-state index contributed by atoms with van der Waals surface area (Å²) in [5, 5.41) is 7.24. The Balaban J connectivity index is 1.97. The van der Waals surface area contributed by atoms with E-state index < -0.39 is 0 Å². The number of hydrogen-bond acceptors (Lipinski definition) is 5. The normalized spacial score (nSPS) is 11.6. The van der Waals surface area contributed by atoms with E-state index in [0.29, 0.717) is 24.5 Å². The topological polar surface area (TPSA) is 82.5 Å². The molecule has 0 aliphatic carbocycles. The van der Waals surface area contributed by atoms with Crippen LogP contribution in [-0.2, 0) is 13.0 Å². The van der Waals surface area contributed by atoms with Crippen LogP contribution in [0.3, 0.4) is 0 Å². The summed E-state index contributed by atoms with van der Waals surface area (Å²) in [5.41, 5.74) is 3.08. The number of amides is 1. The van der Waals surface area contributed by atoms with Gasteiger partial charge in [-0.25, -0.2) is 4.68 Å². The molecule has 0 aliphatic heterocycles. The third-order valence-corrected chi connectivity index (χ3v) is 5.20. The van der Waals surface area contributed by atoms with Crippen molar-refractivity contribution in [2.75, 3.05) is 14.2 Å². The SMILES string of the molecule is CCn1nc(C(=O)NC(Cc2ccccc2C)c2ccc(OC)c(OC)c2)ccc1=O. The molecule has 7 nitrogen and oxygen atoms in total. The molecule has 31 heavy (non-hydrogen) atoms. The molecule has 1 amide bonds. The van der Waals surface area contributed by atoms with Crippen molar-refractivity contribution >= 4 is 5.91 Å². The standard InChI is InChI=1S/C24H27N3O4/c1-5-27-23(28)13-11-19(26-27)24(29)25-20(14-17-9-7-6-8-16(17)2)18-10-12-21(30-3)22(15-18)31-4/h6-13,15,20H,5,14H2,1-4H3,(H,25,29).